The minimum atomic E-state index is 1.28. The van der Waals surface area contributed by atoms with Gasteiger partial charge in [0.2, 0.25) is 0 Å². The zero-order chi connectivity index (χ0) is 12.7. The molecule has 0 amide bonds. The van der Waals surface area contributed by atoms with Crippen molar-refractivity contribution < 1.29 is 0 Å². The van der Waals surface area contributed by atoms with Crippen LogP contribution in [0.25, 0.3) is 32.0 Å². The normalized spacial score (nSPS) is 11.2. The molecule has 0 spiro atoms. The summed E-state index contributed by atoms with van der Waals surface area (Å²) < 4.78 is 1.35. The lowest BCUT2D eigenvalue weighted by atomic mass is 10.0. The molecule has 0 fully saturated rings. The SMILES string of the molecule is c1ccc2cc(-c3ccc4sccc4c3)ccc2c1. The molecule has 0 aliphatic carbocycles. The summed E-state index contributed by atoms with van der Waals surface area (Å²) in [7, 11) is 0. The van der Waals surface area contributed by atoms with Crippen LogP contribution in [0.4, 0.5) is 0 Å². The molecule has 4 aromatic rings. The summed E-state index contributed by atoms with van der Waals surface area (Å²) in [5.74, 6) is 0. The Morgan fingerprint density at radius 1 is 0.579 bits per heavy atom. The van der Waals surface area contributed by atoms with E-state index >= 15 is 0 Å². The molecule has 0 aliphatic heterocycles. The third-order valence-electron chi connectivity index (χ3n) is 3.54. The molecule has 1 aromatic heterocycles. The van der Waals surface area contributed by atoms with Gasteiger partial charge in [-0.3, -0.25) is 0 Å². The second-order valence-electron chi connectivity index (χ2n) is 4.74. The van der Waals surface area contributed by atoms with E-state index in [9.17, 15) is 0 Å². The molecule has 0 radical (unpaired) electrons. The first-order valence-corrected chi connectivity index (χ1v) is 7.24. The van der Waals surface area contributed by atoms with Crippen molar-refractivity contribution in [1.82, 2.24) is 0 Å². The molecule has 0 bridgehead atoms. The van der Waals surface area contributed by atoms with Crippen molar-refractivity contribution in [2.75, 3.05) is 0 Å². The number of rotatable bonds is 1. The molecule has 1 heterocycles. The molecule has 0 aliphatic rings. The largest absolute Gasteiger partial charge is 0.144 e. The lowest BCUT2D eigenvalue weighted by Crippen LogP contribution is -1.78. The van der Waals surface area contributed by atoms with Crippen molar-refractivity contribution in [2.24, 2.45) is 0 Å². The third kappa shape index (κ3) is 1.83. The minimum absolute atomic E-state index is 1.28. The molecule has 0 saturated carbocycles. The summed E-state index contributed by atoms with van der Waals surface area (Å²) in [5.41, 5.74) is 2.57. The molecular weight excluding hydrogens is 248 g/mol. The average Bonchev–Trinajstić information content (AvgIpc) is 2.94. The Kier molecular flexibility index (Phi) is 2.39. The summed E-state index contributed by atoms with van der Waals surface area (Å²) in [6.07, 6.45) is 0. The molecule has 0 nitrogen and oxygen atoms in total. The van der Waals surface area contributed by atoms with Crippen LogP contribution >= 0.6 is 11.3 Å². The number of thiophene rings is 1. The van der Waals surface area contributed by atoms with Crippen LogP contribution in [-0.4, -0.2) is 0 Å². The zero-order valence-electron chi connectivity index (χ0n) is 10.3. The van der Waals surface area contributed by atoms with Crippen molar-refractivity contribution >= 4 is 32.2 Å². The Bertz CT molecular complexity index is 871. The predicted octanol–water partition coefficient (Wildman–Crippen LogP) is 5.72. The van der Waals surface area contributed by atoms with Gasteiger partial charge in [0.1, 0.15) is 0 Å². The predicted molar refractivity (Wildman–Crippen MR) is 84.8 cm³/mol. The van der Waals surface area contributed by atoms with Crippen LogP contribution in [0.15, 0.2) is 72.1 Å². The standard InChI is InChI=1S/C18H12S/c1-2-4-14-11-15(6-5-13(14)3-1)16-7-8-18-17(12-16)9-10-19-18/h1-12H. The maximum absolute atomic E-state index is 2.27. The summed E-state index contributed by atoms with van der Waals surface area (Å²) in [6, 6.07) is 24.0. The van der Waals surface area contributed by atoms with Crippen LogP contribution in [0.1, 0.15) is 0 Å². The number of hydrogen-bond acceptors (Lipinski definition) is 1. The first kappa shape index (κ1) is 10.8. The molecule has 0 unspecified atom stereocenters. The Hall–Kier alpha value is -2.12. The Morgan fingerprint density at radius 3 is 2.21 bits per heavy atom. The van der Waals surface area contributed by atoms with E-state index in [0.29, 0.717) is 0 Å². The topological polar surface area (TPSA) is 0 Å². The molecule has 19 heavy (non-hydrogen) atoms. The fourth-order valence-corrected chi connectivity index (χ4v) is 3.29. The highest BCUT2D eigenvalue weighted by molar-refractivity contribution is 7.17. The van der Waals surface area contributed by atoms with E-state index < -0.39 is 0 Å². The smallest absolute Gasteiger partial charge is 0.0343 e. The zero-order valence-corrected chi connectivity index (χ0v) is 11.2. The fraction of sp³-hybridized carbons (Fsp3) is 0. The molecule has 0 atom stereocenters. The lowest BCUT2D eigenvalue weighted by molar-refractivity contribution is 1.69. The van der Waals surface area contributed by atoms with Gasteiger partial charge in [0.05, 0.1) is 0 Å². The highest BCUT2D eigenvalue weighted by Crippen LogP contribution is 2.29. The van der Waals surface area contributed by atoms with E-state index in [1.165, 1.54) is 32.0 Å². The maximum atomic E-state index is 2.27. The monoisotopic (exact) mass is 260 g/mol. The van der Waals surface area contributed by atoms with Gasteiger partial charge in [0, 0.05) is 4.70 Å². The van der Waals surface area contributed by atoms with E-state index in [4.69, 9.17) is 0 Å². The van der Waals surface area contributed by atoms with Crippen molar-refractivity contribution in [3.8, 4) is 11.1 Å². The number of benzene rings is 3. The van der Waals surface area contributed by atoms with Crippen LogP contribution in [0.3, 0.4) is 0 Å². The summed E-state index contributed by atoms with van der Waals surface area (Å²) >= 11 is 1.79. The minimum Gasteiger partial charge on any atom is -0.144 e. The van der Waals surface area contributed by atoms with E-state index in [-0.39, 0.29) is 0 Å². The quantitative estimate of drug-likeness (QED) is 0.410. The van der Waals surface area contributed by atoms with Gasteiger partial charge >= 0.3 is 0 Å². The van der Waals surface area contributed by atoms with Crippen LogP contribution in [0.2, 0.25) is 0 Å². The van der Waals surface area contributed by atoms with E-state index in [1.807, 2.05) is 0 Å². The molecule has 90 valence electrons. The van der Waals surface area contributed by atoms with Crippen molar-refractivity contribution in [1.29, 1.82) is 0 Å². The molecular formula is C18H12S. The Morgan fingerprint density at radius 2 is 1.32 bits per heavy atom. The van der Waals surface area contributed by atoms with Crippen molar-refractivity contribution in [2.45, 2.75) is 0 Å². The number of fused-ring (bicyclic) bond motifs is 2. The van der Waals surface area contributed by atoms with E-state index in [2.05, 4.69) is 72.1 Å². The van der Waals surface area contributed by atoms with Gasteiger partial charge in [0.25, 0.3) is 0 Å². The van der Waals surface area contributed by atoms with Gasteiger partial charge in [-0.1, -0.05) is 42.5 Å². The first-order valence-electron chi connectivity index (χ1n) is 6.37. The summed E-state index contributed by atoms with van der Waals surface area (Å²) in [6.45, 7) is 0. The third-order valence-corrected chi connectivity index (χ3v) is 4.43. The van der Waals surface area contributed by atoms with Gasteiger partial charge < -0.3 is 0 Å². The van der Waals surface area contributed by atoms with Crippen LogP contribution in [-0.2, 0) is 0 Å². The van der Waals surface area contributed by atoms with Gasteiger partial charge in [-0.05, 0) is 56.9 Å². The van der Waals surface area contributed by atoms with Gasteiger partial charge in [0.15, 0.2) is 0 Å². The Balaban J connectivity index is 1.92. The first-order chi connectivity index (χ1) is 9.40. The average molecular weight is 260 g/mol. The van der Waals surface area contributed by atoms with E-state index in [0.717, 1.165) is 0 Å². The molecule has 0 saturated heterocycles. The van der Waals surface area contributed by atoms with Gasteiger partial charge in [-0.25, -0.2) is 0 Å². The maximum Gasteiger partial charge on any atom is 0.0343 e. The van der Waals surface area contributed by atoms with Crippen LogP contribution < -0.4 is 0 Å². The highest BCUT2D eigenvalue weighted by Gasteiger charge is 2.01. The number of hydrogen-bond donors (Lipinski definition) is 0. The second kappa shape index (κ2) is 4.22. The second-order valence-corrected chi connectivity index (χ2v) is 5.68. The molecule has 4 rings (SSSR count). The molecule has 0 N–H and O–H groups in total. The Labute approximate surface area is 115 Å². The van der Waals surface area contributed by atoms with Crippen LogP contribution in [0.5, 0.6) is 0 Å². The van der Waals surface area contributed by atoms with Crippen molar-refractivity contribution in [3.63, 3.8) is 0 Å². The molecule has 1 heteroatoms. The fourth-order valence-electron chi connectivity index (χ4n) is 2.52. The highest BCUT2D eigenvalue weighted by atomic mass is 32.1. The van der Waals surface area contributed by atoms with Gasteiger partial charge in [-0.15, -0.1) is 11.3 Å². The van der Waals surface area contributed by atoms with Gasteiger partial charge in [-0.2, -0.15) is 0 Å². The van der Waals surface area contributed by atoms with Crippen molar-refractivity contribution in [3.05, 3.63) is 72.1 Å². The summed E-state index contributed by atoms with van der Waals surface area (Å²) in [5, 5.41) is 6.07. The summed E-state index contributed by atoms with van der Waals surface area (Å²) in [4.78, 5) is 0. The van der Waals surface area contributed by atoms with E-state index in [1.54, 1.807) is 11.3 Å². The lowest BCUT2D eigenvalue weighted by Gasteiger charge is -2.04. The molecule has 3 aromatic carbocycles. The van der Waals surface area contributed by atoms with Crippen LogP contribution in [0, 0.1) is 0 Å².